The molecule has 1 rings (SSSR count). The topological polar surface area (TPSA) is 12.5 Å². The highest BCUT2D eigenvalue weighted by Gasteiger charge is 2.32. The fourth-order valence-electron chi connectivity index (χ4n) is 1.24. The van der Waals surface area contributed by atoms with Crippen LogP contribution in [0.2, 0.25) is 0 Å². The van der Waals surface area contributed by atoms with Crippen LogP contribution in [0.15, 0.2) is 12.3 Å². The molecular formula is C10H19NO. The van der Waals surface area contributed by atoms with Gasteiger partial charge >= 0.3 is 0 Å². The van der Waals surface area contributed by atoms with Crippen molar-refractivity contribution in [3.05, 3.63) is 12.3 Å². The normalized spacial score (nSPS) is 27.9. The summed E-state index contributed by atoms with van der Waals surface area (Å²) < 4.78 is 5.49. The molecule has 0 amide bonds. The van der Waals surface area contributed by atoms with Crippen LogP contribution in [0, 0.1) is 0 Å². The smallest absolute Gasteiger partial charge is 0.0693 e. The van der Waals surface area contributed by atoms with Crippen molar-refractivity contribution in [3.8, 4) is 0 Å². The number of ether oxygens (including phenoxy) is 1. The average Bonchev–Trinajstić information content (AvgIpc) is 1.96. The van der Waals surface area contributed by atoms with Crippen molar-refractivity contribution in [2.24, 2.45) is 0 Å². The van der Waals surface area contributed by atoms with Gasteiger partial charge in [-0.1, -0.05) is 6.58 Å². The van der Waals surface area contributed by atoms with E-state index in [9.17, 15) is 0 Å². The van der Waals surface area contributed by atoms with Crippen molar-refractivity contribution >= 4 is 0 Å². The summed E-state index contributed by atoms with van der Waals surface area (Å²) in [6.07, 6.45) is 2.31. The molecule has 0 saturated carbocycles. The molecule has 0 N–H and O–H groups in total. The van der Waals surface area contributed by atoms with Crippen molar-refractivity contribution in [3.63, 3.8) is 0 Å². The van der Waals surface area contributed by atoms with E-state index in [1.807, 2.05) is 6.92 Å². The van der Waals surface area contributed by atoms with Gasteiger partial charge in [-0.05, 0) is 26.7 Å². The Kier molecular flexibility index (Phi) is 2.78. The molecule has 1 aliphatic rings. The van der Waals surface area contributed by atoms with E-state index < -0.39 is 0 Å². The van der Waals surface area contributed by atoms with E-state index in [1.165, 1.54) is 6.42 Å². The van der Waals surface area contributed by atoms with Crippen LogP contribution < -0.4 is 0 Å². The SMILES string of the molecule is C=C(C)N(C)CCC1(C)CCO1. The Morgan fingerprint density at radius 1 is 1.67 bits per heavy atom. The van der Waals surface area contributed by atoms with Gasteiger partial charge in [0.15, 0.2) is 0 Å². The van der Waals surface area contributed by atoms with Crippen molar-refractivity contribution in [1.82, 2.24) is 4.90 Å². The summed E-state index contributed by atoms with van der Waals surface area (Å²) in [5, 5.41) is 0. The van der Waals surface area contributed by atoms with Crippen LogP contribution >= 0.6 is 0 Å². The van der Waals surface area contributed by atoms with Gasteiger partial charge < -0.3 is 9.64 Å². The van der Waals surface area contributed by atoms with E-state index >= 15 is 0 Å². The summed E-state index contributed by atoms with van der Waals surface area (Å²) in [4.78, 5) is 2.17. The van der Waals surface area contributed by atoms with Crippen LogP contribution in [0.25, 0.3) is 0 Å². The van der Waals surface area contributed by atoms with Gasteiger partial charge in [0.2, 0.25) is 0 Å². The highest BCUT2D eigenvalue weighted by atomic mass is 16.5. The molecule has 0 radical (unpaired) electrons. The predicted octanol–water partition coefficient (Wildman–Crippen LogP) is 2.02. The van der Waals surface area contributed by atoms with E-state index in [-0.39, 0.29) is 5.60 Å². The first-order valence-corrected chi connectivity index (χ1v) is 4.54. The van der Waals surface area contributed by atoms with Crippen LogP contribution in [0.4, 0.5) is 0 Å². The van der Waals surface area contributed by atoms with Crippen molar-refractivity contribution in [2.75, 3.05) is 20.2 Å². The van der Waals surface area contributed by atoms with E-state index in [1.54, 1.807) is 0 Å². The standard InChI is InChI=1S/C10H19NO/c1-9(2)11(4)7-5-10(3)6-8-12-10/h1,5-8H2,2-4H3. The maximum atomic E-state index is 5.49. The van der Waals surface area contributed by atoms with Gasteiger partial charge in [-0.15, -0.1) is 0 Å². The first kappa shape index (κ1) is 9.59. The number of allylic oxidation sites excluding steroid dienone is 1. The van der Waals surface area contributed by atoms with Crippen molar-refractivity contribution in [2.45, 2.75) is 32.3 Å². The minimum absolute atomic E-state index is 0.156. The molecule has 1 heterocycles. The van der Waals surface area contributed by atoms with E-state index in [0.29, 0.717) is 0 Å². The van der Waals surface area contributed by atoms with E-state index in [2.05, 4.69) is 25.5 Å². The van der Waals surface area contributed by atoms with Gasteiger partial charge in [0.1, 0.15) is 0 Å². The maximum absolute atomic E-state index is 5.49. The monoisotopic (exact) mass is 169 g/mol. The number of hydrogen-bond acceptors (Lipinski definition) is 2. The summed E-state index contributed by atoms with van der Waals surface area (Å²) in [7, 11) is 2.07. The van der Waals surface area contributed by atoms with Gasteiger partial charge in [0.25, 0.3) is 0 Å². The lowest BCUT2D eigenvalue weighted by molar-refractivity contribution is -0.139. The second kappa shape index (κ2) is 3.48. The molecule has 12 heavy (non-hydrogen) atoms. The minimum atomic E-state index is 0.156. The first-order chi connectivity index (χ1) is 5.53. The molecule has 0 aromatic carbocycles. The lowest BCUT2D eigenvalue weighted by atomic mass is 9.93. The molecule has 2 nitrogen and oxygen atoms in total. The van der Waals surface area contributed by atoms with Gasteiger partial charge in [-0.25, -0.2) is 0 Å². The molecule has 1 unspecified atom stereocenters. The summed E-state index contributed by atoms with van der Waals surface area (Å²) in [5.74, 6) is 0. The molecule has 0 spiro atoms. The summed E-state index contributed by atoms with van der Waals surface area (Å²) in [6, 6.07) is 0. The zero-order valence-electron chi connectivity index (χ0n) is 8.39. The minimum Gasteiger partial charge on any atom is -0.378 e. The van der Waals surface area contributed by atoms with Crippen LogP contribution in [0.1, 0.15) is 26.7 Å². The predicted molar refractivity (Wildman–Crippen MR) is 51.0 cm³/mol. The van der Waals surface area contributed by atoms with Crippen LogP contribution in [0.3, 0.4) is 0 Å². The maximum Gasteiger partial charge on any atom is 0.0693 e. The lowest BCUT2D eigenvalue weighted by Crippen LogP contribution is -2.42. The molecule has 0 bridgehead atoms. The largest absolute Gasteiger partial charge is 0.378 e. The molecule has 0 aromatic heterocycles. The molecule has 0 aromatic rings. The van der Waals surface area contributed by atoms with Gasteiger partial charge in [-0.2, -0.15) is 0 Å². The Morgan fingerprint density at radius 2 is 2.25 bits per heavy atom. The van der Waals surface area contributed by atoms with Crippen LogP contribution in [-0.4, -0.2) is 30.7 Å². The quantitative estimate of drug-likeness (QED) is 0.638. The molecular weight excluding hydrogens is 150 g/mol. The Balaban J connectivity index is 2.20. The zero-order valence-corrected chi connectivity index (χ0v) is 8.39. The van der Waals surface area contributed by atoms with Gasteiger partial charge in [0.05, 0.1) is 12.2 Å². The second-order valence-electron chi connectivity index (χ2n) is 3.96. The van der Waals surface area contributed by atoms with E-state index in [0.717, 1.165) is 25.3 Å². The van der Waals surface area contributed by atoms with Gasteiger partial charge in [0, 0.05) is 19.3 Å². The number of hydrogen-bond donors (Lipinski definition) is 0. The fourth-order valence-corrected chi connectivity index (χ4v) is 1.24. The first-order valence-electron chi connectivity index (χ1n) is 4.54. The lowest BCUT2D eigenvalue weighted by Gasteiger charge is -2.40. The molecule has 2 heteroatoms. The Bertz CT molecular complexity index is 173. The third kappa shape index (κ3) is 2.24. The molecule has 1 atom stereocenters. The van der Waals surface area contributed by atoms with Crippen LogP contribution in [-0.2, 0) is 4.74 Å². The molecule has 0 aliphatic carbocycles. The number of rotatable bonds is 4. The Labute approximate surface area is 75.2 Å². The molecule has 1 fully saturated rings. The highest BCUT2D eigenvalue weighted by molar-refractivity contribution is 4.89. The third-order valence-corrected chi connectivity index (χ3v) is 2.71. The third-order valence-electron chi connectivity index (χ3n) is 2.71. The highest BCUT2D eigenvalue weighted by Crippen LogP contribution is 2.29. The summed E-state index contributed by atoms with van der Waals surface area (Å²) in [5.41, 5.74) is 1.28. The average molecular weight is 169 g/mol. The summed E-state index contributed by atoms with van der Waals surface area (Å²) in [6.45, 7) is 10.1. The molecule has 1 aliphatic heterocycles. The van der Waals surface area contributed by atoms with Gasteiger partial charge in [-0.3, -0.25) is 0 Å². The second-order valence-corrected chi connectivity index (χ2v) is 3.96. The summed E-state index contributed by atoms with van der Waals surface area (Å²) >= 11 is 0. The fraction of sp³-hybridized carbons (Fsp3) is 0.800. The van der Waals surface area contributed by atoms with Crippen molar-refractivity contribution < 1.29 is 4.74 Å². The van der Waals surface area contributed by atoms with Crippen LogP contribution in [0.5, 0.6) is 0 Å². The van der Waals surface area contributed by atoms with E-state index in [4.69, 9.17) is 4.74 Å². The Hall–Kier alpha value is -0.500. The number of nitrogens with zero attached hydrogens (tertiary/aromatic N) is 1. The zero-order chi connectivity index (χ0) is 9.19. The Morgan fingerprint density at radius 3 is 2.58 bits per heavy atom. The molecule has 1 saturated heterocycles. The van der Waals surface area contributed by atoms with Crippen molar-refractivity contribution in [1.29, 1.82) is 0 Å². The molecule has 70 valence electrons.